The summed E-state index contributed by atoms with van der Waals surface area (Å²) in [5.74, 6) is 0.754. The van der Waals surface area contributed by atoms with Crippen molar-refractivity contribution in [1.82, 2.24) is 15.2 Å². The molecule has 6 nitrogen and oxygen atoms in total. The zero-order valence-electron chi connectivity index (χ0n) is 16.3. The molecule has 1 aliphatic heterocycles. The van der Waals surface area contributed by atoms with Crippen LogP contribution in [0.15, 0.2) is 54.6 Å². The lowest BCUT2D eigenvalue weighted by molar-refractivity contribution is 0.00758. The molecule has 2 aromatic carbocycles. The van der Waals surface area contributed by atoms with Crippen molar-refractivity contribution in [1.29, 1.82) is 0 Å². The van der Waals surface area contributed by atoms with Crippen LogP contribution in [0.4, 0.5) is 0 Å². The van der Waals surface area contributed by atoms with Crippen LogP contribution in [0.2, 0.25) is 0 Å². The van der Waals surface area contributed by atoms with Gasteiger partial charge in [-0.15, -0.1) is 11.3 Å². The highest BCUT2D eigenvalue weighted by Crippen LogP contribution is 2.22. The van der Waals surface area contributed by atoms with Gasteiger partial charge in [0.1, 0.15) is 23.5 Å². The highest BCUT2D eigenvalue weighted by atomic mass is 32.1. The van der Waals surface area contributed by atoms with Gasteiger partial charge in [-0.25, -0.2) is 4.98 Å². The number of nitrogens with zero attached hydrogens (tertiary/aromatic N) is 2. The van der Waals surface area contributed by atoms with Gasteiger partial charge in [-0.2, -0.15) is 0 Å². The first kappa shape index (κ1) is 20.3. The summed E-state index contributed by atoms with van der Waals surface area (Å²) in [5, 5.41) is 25.3. The molecule has 7 heteroatoms. The summed E-state index contributed by atoms with van der Waals surface area (Å²) >= 11 is 1.69. The maximum absolute atomic E-state index is 10.5. The Morgan fingerprint density at radius 2 is 1.97 bits per heavy atom. The lowest BCUT2D eigenvalue weighted by Gasteiger charge is -2.37. The number of ether oxygens (including phenoxy) is 1. The van der Waals surface area contributed by atoms with Crippen LogP contribution in [0.1, 0.15) is 11.4 Å². The smallest absolute Gasteiger partial charge is 0.119 e. The first-order valence-electron chi connectivity index (χ1n) is 10.0. The van der Waals surface area contributed by atoms with Crippen molar-refractivity contribution < 1.29 is 14.9 Å². The molecule has 3 atom stereocenters. The van der Waals surface area contributed by atoms with Gasteiger partial charge in [0.25, 0.3) is 0 Å². The van der Waals surface area contributed by atoms with Crippen molar-refractivity contribution in [2.45, 2.75) is 31.2 Å². The summed E-state index contributed by atoms with van der Waals surface area (Å²) in [7, 11) is 0. The van der Waals surface area contributed by atoms with Gasteiger partial charge >= 0.3 is 0 Å². The van der Waals surface area contributed by atoms with E-state index in [0.29, 0.717) is 19.6 Å². The average molecular weight is 414 g/mol. The Morgan fingerprint density at radius 3 is 2.76 bits per heavy atom. The number of nitrogens with one attached hydrogen (secondary N) is 1. The monoisotopic (exact) mass is 413 g/mol. The number of aromatic nitrogens is 1. The van der Waals surface area contributed by atoms with E-state index < -0.39 is 12.2 Å². The molecule has 1 aliphatic rings. The van der Waals surface area contributed by atoms with E-state index in [-0.39, 0.29) is 12.6 Å². The number of likely N-dealkylation sites (tertiary alicyclic amines) is 1. The van der Waals surface area contributed by atoms with Crippen molar-refractivity contribution in [2.24, 2.45) is 0 Å². The normalized spacial score (nSPS) is 21.3. The first-order valence-corrected chi connectivity index (χ1v) is 10.8. The Hall–Kier alpha value is -2.03. The van der Waals surface area contributed by atoms with Gasteiger partial charge in [-0.1, -0.05) is 30.3 Å². The van der Waals surface area contributed by atoms with Gasteiger partial charge in [0.05, 0.1) is 16.3 Å². The zero-order valence-corrected chi connectivity index (χ0v) is 17.1. The lowest BCUT2D eigenvalue weighted by Crippen LogP contribution is -2.54. The predicted octanol–water partition coefficient (Wildman–Crippen LogP) is 2.26. The Morgan fingerprint density at radius 1 is 1.17 bits per heavy atom. The summed E-state index contributed by atoms with van der Waals surface area (Å²) < 4.78 is 6.80. The maximum atomic E-state index is 10.5. The fourth-order valence-electron chi connectivity index (χ4n) is 3.67. The Kier molecular flexibility index (Phi) is 6.74. The number of benzene rings is 2. The van der Waals surface area contributed by atoms with Crippen LogP contribution in [-0.4, -0.2) is 64.6 Å². The van der Waals surface area contributed by atoms with E-state index in [1.165, 1.54) is 4.70 Å². The summed E-state index contributed by atoms with van der Waals surface area (Å²) in [6.45, 7) is 2.77. The number of piperidine rings is 1. The quantitative estimate of drug-likeness (QED) is 0.526. The topological polar surface area (TPSA) is 77.9 Å². The number of aliphatic hydroxyl groups is 2. The molecule has 154 valence electrons. The number of β-amino-alcohol motifs (C(OH)–C–C–N with tert-alkyl or cyclic N) is 2. The van der Waals surface area contributed by atoms with E-state index in [2.05, 4.69) is 21.3 Å². The number of hydrogen-bond acceptors (Lipinski definition) is 7. The summed E-state index contributed by atoms with van der Waals surface area (Å²) in [6, 6.07) is 17.7. The molecular formula is C22H27N3O3S. The molecule has 0 spiro atoms. The summed E-state index contributed by atoms with van der Waals surface area (Å²) in [5.41, 5.74) is 1.02. The highest BCUT2D eigenvalue weighted by molar-refractivity contribution is 7.18. The standard InChI is InChI=1S/C22H27N3O3S/c26-16(15-28-17-6-2-1-3-7-17)13-25-11-10-18(20(27)14-25)23-12-22-24-19-8-4-5-9-21(19)29-22/h1-9,16,18,20,23,26-27H,10-15H2. The number of thiazole rings is 1. The predicted molar refractivity (Wildman–Crippen MR) is 115 cm³/mol. The number of hydrogen-bond donors (Lipinski definition) is 3. The highest BCUT2D eigenvalue weighted by Gasteiger charge is 2.28. The van der Waals surface area contributed by atoms with Gasteiger partial charge in [0.15, 0.2) is 0 Å². The van der Waals surface area contributed by atoms with Gasteiger partial charge in [0, 0.05) is 25.7 Å². The second-order valence-electron chi connectivity index (χ2n) is 7.46. The number of aliphatic hydroxyl groups excluding tert-OH is 2. The van der Waals surface area contributed by atoms with Crippen LogP contribution < -0.4 is 10.1 Å². The SMILES string of the molecule is OC(COc1ccccc1)CN1CCC(NCc2nc3ccccc3s2)C(O)C1. The van der Waals surface area contributed by atoms with Crippen LogP contribution in [0.5, 0.6) is 5.75 Å². The van der Waals surface area contributed by atoms with Crippen molar-refractivity contribution in [2.75, 3.05) is 26.2 Å². The lowest BCUT2D eigenvalue weighted by atomic mass is 10.0. The van der Waals surface area contributed by atoms with E-state index in [9.17, 15) is 10.2 Å². The van der Waals surface area contributed by atoms with Crippen LogP contribution in [0, 0.1) is 0 Å². The van der Waals surface area contributed by atoms with Gasteiger partial charge in [-0.05, 0) is 37.2 Å². The maximum Gasteiger partial charge on any atom is 0.119 e. The fourth-order valence-corrected chi connectivity index (χ4v) is 4.59. The van der Waals surface area contributed by atoms with Crippen LogP contribution in [0.25, 0.3) is 10.2 Å². The molecule has 4 rings (SSSR count). The van der Waals surface area contributed by atoms with Crippen molar-refractivity contribution in [3.8, 4) is 5.75 Å². The van der Waals surface area contributed by atoms with Gasteiger partial charge < -0.3 is 20.3 Å². The second-order valence-corrected chi connectivity index (χ2v) is 8.57. The molecule has 29 heavy (non-hydrogen) atoms. The summed E-state index contributed by atoms with van der Waals surface area (Å²) in [4.78, 5) is 6.74. The third-order valence-corrected chi connectivity index (χ3v) is 6.21. The molecule has 1 aromatic heterocycles. The Balaban J connectivity index is 1.20. The van der Waals surface area contributed by atoms with Gasteiger partial charge in [-0.3, -0.25) is 4.90 Å². The summed E-state index contributed by atoms with van der Waals surface area (Å²) in [6.07, 6.45) is -0.228. The molecule has 3 N–H and O–H groups in total. The zero-order chi connectivity index (χ0) is 20.1. The fraction of sp³-hybridized carbons (Fsp3) is 0.409. The van der Waals surface area contributed by atoms with E-state index >= 15 is 0 Å². The molecular weight excluding hydrogens is 386 g/mol. The molecule has 0 saturated carbocycles. The molecule has 1 saturated heterocycles. The number of rotatable bonds is 8. The van der Waals surface area contributed by atoms with Crippen molar-refractivity contribution in [3.05, 3.63) is 59.6 Å². The molecule has 0 amide bonds. The van der Waals surface area contributed by atoms with E-state index in [1.54, 1.807) is 11.3 Å². The Labute approximate surface area is 174 Å². The Bertz CT molecular complexity index is 871. The molecule has 0 radical (unpaired) electrons. The number of para-hydroxylation sites is 2. The molecule has 0 bridgehead atoms. The molecule has 2 heterocycles. The minimum Gasteiger partial charge on any atom is -0.491 e. The van der Waals surface area contributed by atoms with Crippen LogP contribution >= 0.6 is 11.3 Å². The van der Waals surface area contributed by atoms with Crippen molar-refractivity contribution in [3.63, 3.8) is 0 Å². The average Bonchev–Trinajstić information content (AvgIpc) is 3.15. The first-order chi connectivity index (χ1) is 14.2. The minimum absolute atomic E-state index is 0.0379. The largest absolute Gasteiger partial charge is 0.491 e. The van der Waals surface area contributed by atoms with Gasteiger partial charge in [0.2, 0.25) is 0 Å². The van der Waals surface area contributed by atoms with Crippen molar-refractivity contribution >= 4 is 21.6 Å². The van der Waals surface area contributed by atoms with E-state index in [1.807, 2.05) is 48.5 Å². The molecule has 0 aliphatic carbocycles. The number of fused-ring (bicyclic) bond motifs is 1. The second kappa shape index (κ2) is 9.65. The molecule has 1 fully saturated rings. The molecule has 3 aromatic rings. The third kappa shape index (κ3) is 5.52. The van der Waals surface area contributed by atoms with Crippen LogP contribution in [0.3, 0.4) is 0 Å². The van der Waals surface area contributed by atoms with Crippen LogP contribution in [-0.2, 0) is 6.54 Å². The third-order valence-electron chi connectivity index (χ3n) is 5.17. The van der Waals surface area contributed by atoms with E-state index in [0.717, 1.165) is 29.2 Å². The molecule has 3 unspecified atom stereocenters. The minimum atomic E-state index is -0.588. The van der Waals surface area contributed by atoms with E-state index in [4.69, 9.17) is 4.74 Å².